The molecule has 0 aliphatic rings. The Bertz CT molecular complexity index is 338. The minimum absolute atomic E-state index is 0.0919. The lowest BCUT2D eigenvalue weighted by Gasteiger charge is -2.03. The quantitative estimate of drug-likeness (QED) is 0.596. The van der Waals surface area contributed by atoms with Gasteiger partial charge in [0.05, 0.1) is 5.69 Å². The van der Waals surface area contributed by atoms with Gasteiger partial charge in [-0.15, -0.1) is 0 Å². The Balaban J connectivity index is 3.37. The number of carbonyl (C=O) groups excluding carboxylic acids is 1. The molecule has 0 unspecified atom stereocenters. The standard InChI is InChI=1S/C8H7BrFNO/c1-4(12)6-2-5(9)3-7(10)8(6)11/h2-3H,11H2,1H3. The van der Waals surface area contributed by atoms with Crippen LogP contribution in [0.5, 0.6) is 0 Å². The van der Waals surface area contributed by atoms with Gasteiger partial charge in [0.2, 0.25) is 0 Å². The van der Waals surface area contributed by atoms with Crippen molar-refractivity contribution in [1.29, 1.82) is 0 Å². The molecule has 12 heavy (non-hydrogen) atoms. The van der Waals surface area contributed by atoms with Gasteiger partial charge in [0, 0.05) is 10.0 Å². The van der Waals surface area contributed by atoms with E-state index >= 15 is 0 Å². The highest BCUT2D eigenvalue weighted by atomic mass is 79.9. The maximum atomic E-state index is 12.9. The van der Waals surface area contributed by atoms with E-state index in [0.29, 0.717) is 4.47 Å². The number of benzene rings is 1. The average molecular weight is 232 g/mol. The summed E-state index contributed by atoms with van der Waals surface area (Å²) in [6.07, 6.45) is 0. The normalized spacial score (nSPS) is 9.92. The third-order valence-electron chi connectivity index (χ3n) is 1.47. The Morgan fingerprint density at radius 3 is 2.67 bits per heavy atom. The van der Waals surface area contributed by atoms with Crippen molar-refractivity contribution in [2.45, 2.75) is 6.92 Å². The van der Waals surface area contributed by atoms with Crippen LogP contribution in [-0.2, 0) is 0 Å². The fourth-order valence-electron chi connectivity index (χ4n) is 0.876. The summed E-state index contributed by atoms with van der Waals surface area (Å²) in [7, 11) is 0. The molecule has 0 aliphatic carbocycles. The molecule has 2 N–H and O–H groups in total. The van der Waals surface area contributed by atoms with Crippen LogP contribution in [0.3, 0.4) is 0 Å². The molecule has 0 radical (unpaired) electrons. The molecular formula is C8H7BrFNO. The second-order valence-electron chi connectivity index (χ2n) is 2.41. The zero-order valence-electron chi connectivity index (χ0n) is 6.40. The number of anilines is 1. The van der Waals surface area contributed by atoms with Crippen LogP contribution in [0.1, 0.15) is 17.3 Å². The molecule has 2 nitrogen and oxygen atoms in total. The van der Waals surface area contributed by atoms with E-state index in [4.69, 9.17) is 5.73 Å². The van der Waals surface area contributed by atoms with Gasteiger partial charge in [-0.2, -0.15) is 0 Å². The van der Waals surface area contributed by atoms with Crippen molar-refractivity contribution < 1.29 is 9.18 Å². The van der Waals surface area contributed by atoms with Crippen LogP contribution in [-0.4, -0.2) is 5.78 Å². The highest BCUT2D eigenvalue weighted by molar-refractivity contribution is 9.10. The summed E-state index contributed by atoms with van der Waals surface area (Å²) in [5.74, 6) is -0.817. The first-order valence-corrected chi connectivity index (χ1v) is 4.07. The molecule has 0 spiro atoms. The average Bonchev–Trinajstić information content (AvgIpc) is 1.96. The van der Waals surface area contributed by atoms with Crippen molar-refractivity contribution in [2.24, 2.45) is 0 Å². The molecule has 1 aromatic carbocycles. The lowest BCUT2D eigenvalue weighted by Crippen LogP contribution is -2.02. The summed E-state index contributed by atoms with van der Waals surface area (Å²) in [5, 5.41) is 0. The van der Waals surface area contributed by atoms with Crippen LogP contribution >= 0.6 is 15.9 Å². The van der Waals surface area contributed by atoms with Gasteiger partial charge in [-0.1, -0.05) is 15.9 Å². The highest BCUT2D eigenvalue weighted by Crippen LogP contribution is 2.22. The van der Waals surface area contributed by atoms with E-state index in [1.165, 1.54) is 19.1 Å². The van der Waals surface area contributed by atoms with Gasteiger partial charge in [0.25, 0.3) is 0 Å². The summed E-state index contributed by atoms with van der Waals surface area (Å²) >= 11 is 3.07. The SMILES string of the molecule is CC(=O)c1cc(Br)cc(F)c1N. The lowest BCUT2D eigenvalue weighted by molar-refractivity contribution is 0.101. The molecule has 0 saturated heterocycles. The van der Waals surface area contributed by atoms with Crippen LogP contribution in [0.2, 0.25) is 0 Å². The minimum Gasteiger partial charge on any atom is -0.396 e. The Morgan fingerprint density at radius 1 is 1.58 bits per heavy atom. The zero-order valence-corrected chi connectivity index (χ0v) is 7.98. The summed E-state index contributed by atoms with van der Waals surface area (Å²) in [6, 6.07) is 2.72. The van der Waals surface area contributed by atoms with Gasteiger partial charge >= 0.3 is 0 Å². The van der Waals surface area contributed by atoms with Crippen molar-refractivity contribution in [1.82, 2.24) is 0 Å². The number of hydrogen-bond acceptors (Lipinski definition) is 2. The van der Waals surface area contributed by atoms with Gasteiger partial charge in [0.15, 0.2) is 5.78 Å². The molecule has 1 aromatic rings. The fraction of sp³-hybridized carbons (Fsp3) is 0.125. The van der Waals surface area contributed by atoms with Gasteiger partial charge < -0.3 is 5.73 Å². The van der Waals surface area contributed by atoms with E-state index in [0.717, 1.165) is 0 Å². The third kappa shape index (κ3) is 1.64. The van der Waals surface area contributed by atoms with E-state index in [2.05, 4.69) is 15.9 Å². The van der Waals surface area contributed by atoms with Crippen LogP contribution in [0.15, 0.2) is 16.6 Å². The summed E-state index contributed by atoms with van der Waals surface area (Å²) < 4.78 is 13.4. The van der Waals surface area contributed by atoms with E-state index in [-0.39, 0.29) is 17.0 Å². The third-order valence-corrected chi connectivity index (χ3v) is 1.93. The molecule has 0 amide bonds. The van der Waals surface area contributed by atoms with Crippen molar-refractivity contribution in [3.63, 3.8) is 0 Å². The molecule has 64 valence electrons. The summed E-state index contributed by atoms with van der Waals surface area (Å²) in [4.78, 5) is 10.9. The number of Topliss-reactive ketones (excluding diaryl/α,β-unsaturated/α-hetero) is 1. The summed E-state index contributed by atoms with van der Waals surface area (Å²) in [5.41, 5.74) is 5.45. The Labute approximate surface area is 77.7 Å². The zero-order chi connectivity index (χ0) is 9.30. The van der Waals surface area contributed by atoms with Crippen molar-refractivity contribution in [3.05, 3.63) is 28.0 Å². The Morgan fingerprint density at radius 2 is 2.17 bits per heavy atom. The number of nitrogens with two attached hydrogens (primary N) is 1. The second-order valence-corrected chi connectivity index (χ2v) is 3.32. The van der Waals surface area contributed by atoms with Crippen molar-refractivity contribution in [2.75, 3.05) is 5.73 Å². The predicted molar refractivity (Wildman–Crippen MR) is 48.5 cm³/mol. The van der Waals surface area contributed by atoms with E-state index in [1.807, 2.05) is 0 Å². The van der Waals surface area contributed by atoms with Crippen LogP contribution in [0.25, 0.3) is 0 Å². The molecule has 4 heteroatoms. The molecule has 0 heterocycles. The minimum atomic E-state index is -0.574. The van der Waals surface area contributed by atoms with Crippen molar-refractivity contribution >= 4 is 27.4 Å². The first kappa shape index (κ1) is 9.19. The number of ketones is 1. The number of carbonyl (C=O) groups is 1. The smallest absolute Gasteiger partial charge is 0.162 e. The molecule has 0 bridgehead atoms. The topological polar surface area (TPSA) is 43.1 Å². The van der Waals surface area contributed by atoms with E-state index < -0.39 is 5.82 Å². The molecule has 1 rings (SSSR count). The first-order chi connectivity index (χ1) is 5.52. The largest absolute Gasteiger partial charge is 0.396 e. The monoisotopic (exact) mass is 231 g/mol. The molecule has 0 aliphatic heterocycles. The molecule has 0 aromatic heterocycles. The van der Waals surface area contributed by atoms with Crippen LogP contribution < -0.4 is 5.73 Å². The number of nitrogen functional groups attached to an aromatic ring is 1. The second kappa shape index (κ2) is 3.23. The maximum absolute atomic E-state index is 12.9. The molecule has 0 atom stereocenters. The van der Waals surface area contributed by atoms with Gasteiger partial charge in [-0.05, 0) is 19.1 Å². The van der Waals surface area contributed by atoms with E-state index in [9.17, 15) is 9.18 Å². The highest BCUT2D eigenvalue weighted by Gasteiger charge is 2.09. The lowest BCUT2D eigenvalue weighted by atomic mass is 10.1. The Hall–Kier alpha value is -0.900. The summed E-state index contributed by atoms with van der Waals surface area (Å²) in [6.45, 7) is 1.34. The maximum Gasteiger partial charge on any atom is 0.162 e. The molecule has 0 saturated carbocycles. The fourth-order valence-corrected chi connectivity index (χ4v) is 1.31. The number of hydrogen-bond donors (Lipinski definition) is 1. The Kier molecular flexibility index (Phi) is 2.47. The van der Waals surface area contributed by atoms with Crippen LogP contribution in [0, 0.1) is 5.82 Å². The van der Waals surface area contributed by atoms with Gasteiger partial charge in [-0.3, -0.25) is 4.79 Å². The van der Waals surface area contributed by atoms with E-state index in [1.54, 1.807) is 0 Å². The molecular weight excluding hydrogens is 225 g/mol. The number of rotatable bonds is 1. The van der Waals surface area contributed by atoms with Crippen molar-refractivity contribution in [3.8, 4) is 0 Å². The van der Waals surface area contributed by atoms with Crippen LogP contribution in [0.4, 0.5) is 10.1 Å². The van der Waals surface area contributed by atoms with Gasteiger partial charge in [-0.25, -0.2) is 4.39 Å². The predicted octanol–water partition coefficient (Wildman–Crippen LogP) is 2.37. The van der Waals surface area contributed by atoms with Gasteiger partial charge in [0.1, 0.15) is 5.82 Å². The first-order valence-electron chi connectivity index (χ1n) is 3.28. The molecule has 0 fully saturated rings. The number of halogens is 2.